The van der Waals surface area contributed by atoms with Gasteiger partial charge in [0.2, 0.25) is 0 Å². The van der Waals surface area contributed by atoms with E-state index in [0.717, 1.165) is 30.0 Å². The van der Waals surface area contributed by atoms with E-state index in [-0.39, 0.29) is 6.61 Å². The van der Waals surface area contributed by atoms with Crippen molar-refractivity contribution in [3.8, 4) is 0 Å². The van der Waals surface area contributed by atoms with E-state index in [1.54, 1.807) is 23.9 Å². The average molecular weight is 269 g/mol. The van der Waals surface area contributed by atoms with Gasteiger partial charge in [0.15, 0.2) is 0 Å². The van der Waals surface area contributed by atoms with Crippen LogP contribution in [0, 0.1) is 6.92 Å². The summed E-state index contributed by atoms with van der Waals surface area (Å²) in [6, 6.07) is 5.37. The third-order valence-corrected chi connectivity index (χ3v) is 3.48. The molecule has 4 nitrogen and oxygen atoms in total. The number of benzene rings is 1. The quantitative estimate of drug-likeness (QED) is 0.631. The Morgan fingerprint density at radius 1 is 1.39 bits per heavy atom. The lowest BCUT2D eigenvalue weighted by Crippen LogP contribution is -2.09. The molecule has 0 aliphatic rings. The number of rotatable bonds is 8. The molecule has 3 N–H and O–H groups in total. The second kappa shape index (κ2) is 8.00. The van der Waals surface area contributed by atoms with Crippen molar-refractivity contribution in [3.05, 3.63) is 29.3 Å². The van der Waals surface area contributed by atoms with Crippen LogP contribution < -0.4 is 5.32 Å². The number of aliphatic hydroxyl groups excluding tert-OH is 1. The van der Waals surface area contributed by atoms with Gasteiger partial charge in [0.25, 0.3) is 0 Å². The summed E-state index contributed by atoms with van der Waals surface area (Å²) in [5.41, 5.74) is 1.92. The van der Waals surface area contributed by atoms with E-state index in [1.165, 1.54) is 0 Å². The molecule has 1 aromatic rings. The minimum absolute atomic E-state index is 0.224. The summed E-state index contributed by atoms with van der Waals surface area (Å²) in [5, 5.41) is 20.9. The Balaban J connectivity index is 2.44. The van der Waals surface area contributed by atoms with E-state index in [0.29, 0.717) is 11.3 Å². The van der Waals surface area contributed by atoms with Gasteiger partial charge in [0.1, 0.15) is 0 Å². The number of carboxylic acids is 1. The van der Waals surface area contributed by atoms with Crippen LogP contribution in [0.15, 0.2) is 18.2 Å². The molecule has 0 saturated carbocycles. The molecule has 18 heavy (non-hydrogen) atoms. The fourth-order valence-electron chi connectivity index (χ4n) is 1.52. The van der Waals surface area contributed by atoms with Crippen LogP contribution in [0.4, 0.5) is 5.69 Å². The maximum Gasteiger partial charge on any atom is 0.337 e. The molecule has 0 saturated heterocycles. The molecule has 0 spiro atoms. The first-order chi connectivity index (χ1) is 8.65. The summed E-state index contributed by atoms with van der Waals surface area (Å²) in [7, 11) is 0. The summed E-state index contributed by atoms with van der Waals surface area (Å²) >= 11 is 1.74. The Morgan fingerprint density at radius 3 is 2.83 bits per heavy atom. The Labute approximate surface area is 111 Å². The van der Waals surface area contributed by atoms with Crippen molar-refractivity contribution in [3.63, 3.8) is 0 Å². The highest BCUT2D eigenvalue weighted by atomic mass is 32.2. The van der Waals surface area contributed by atoms with E-state index >= 15 is 0 Å². The number of carboxylic acid groups (broad SMARTS) is 1. The number of carbonyl (C=O) groups is 1. The number of hydrogen-bond acceptors (Lipinski definition) is 4. The molecule has 100 valence electrons. The SMILES string of the molecule is Cc1ccc(NCCSCCCO)c(C(=O)O)c1. The molecule has 1 rings (SSSR count). The number of hydrogen-bond donors (Lipinski definition) is 3. The zero-order chi connectivity index (χ0) is 13.4. The fourth-order valence-corrected chi connectivity index (χ4v) is 2.30. The number of anilines is 1. The van der Waals surface area contributed by atoms with Crippen LogP contribution >= 0.6 is 11.8 Å². The van der Waals surface area contributed by atoms with E-state index < -0.39 is 5.97 Å². The van der Waals surface area contributed by atoms with Crippen LogP contribution in [0.5, 0.6) is 0 Å². The van der Waals surface area contributed by atoms with E-state index in [1.807, 2.05) is 13.0 Å². The lowest BCUT2D eigenvalue weighted by Gasteiger charge is -2.10. The van der Waals surface area contributed by atoms with Crippen molar-refractivity contribution in [2.75, 3.05) is 30.0 Å². The summed E-state index contributed by atoms with van der Waals surface area (Å²) in [6.45, 7) is 2.82. The third kappa shape index (κ3) is 4.98. The van der Waals surface area contributed by atoms with Gasteiger partial charge in [-0.2, -0.15) is 11.8 Å². The summed E-state index contributed by atoms with van der Waals surface area (Å²) < 4.78 is 0. The first-order valence-electron chi connectivity index (χ1n) is 5.91. The molecular formula is C13H19NO3S. The first-order valence-corrected chi connectivity index (χ1v) is 7.07. The van der Waals surface area contributed by atoms with Crippen LogP contribution in [-0.2, 0) is 0 Å². The van der Waals surface area contributed by atoms with Crippen LogP contribution in [0.25, 0.3) is 0 Å². The highest BCUT2D eigenvalue weighted by Gasteiger charge is 2.09. The number of aryl methyl sites for hydroxylation is 1. The van der Waals surface area contributed by atoms with Crippen molar-refractivity contribution in [2.24, 2.45) is 0 Å². The Morgan fingerprint density at radius 2 is 2.17 bits per heavy atom. The second-order valence-electron chi connectivity index (χ2n) is 3.97. The minimum Gasteiger partial charge on any atom is -0.478 e. The fraction of sp³-hybridized carbons (Fsp3) is 0.462. The third-order valence-electron chi connectivity index (χ3n) is 2.41. The molecule has 0 aromatic heterocycles. The smallest absolute Gasteiger partial charge is 0.337 e. The van der Waals surface area contributed by atoms with Gasteiger partial charge in [-0.1, -0.05) is 11.6 Å². The molecule has 0 unspecified atom stereocenters. The molecule has 0 atom stereocenters. The van der Waals surface area contributed by atoms with E-state index in [9.17, 15) is 4.79 Å². The monoisotopic (exact) mass is 269 g/mol. The van der Waals surface area contributed by atoms with Crippen LogP contribution in [0.1, 0.15) is 22.3 Å². The number of thioether (sulfide) groups is 1. The van der Waals surface area contributed by atoms with Gasteiger partial charge in [-0.25, -0.2) is 4.79 Å². The molecule has 0 fully saturated rings. The van der Waals surface area contributed by atoms with Gasteiger partial charge in [0, 0.05) is 24.6 Å². The summed E-state index contributed by atoms with van der Waals surface area (Å²) in [4.78, 5) is 11.1. The number of nitrogens with one attached hydrogen (secondary N) is 1. The zero-order valence-electron chi connectivity index (χ0n) is 10.5. The van der Waals surface area contributed by atoms with Crippen LogP contribution in [0.2, 0.25) is 0 Å². The van der Waals surface area contributed by atoms with Crippen molar-refractivity contribution < 1.29 is 15.0 Å². The maximum absolute atomic E-state index is 11.1. The molecule has 0 bridgehead atoms. The summed E-state index contributed by atoms with van der Waals surface area (Å²) in [6.07, 6.45) is 0.801. The molecule has 0 aliphatic carbocycles. The molecule has 0 heterocycles. The largest absolute Gasteiger partial charge is 0.478 e. The number of aliphatic hydroxyl groups is 1. The molecule has 0 aliphatic heterocycles. The maximum atomic E-state index is 11.1. The molecule has 0 radical (unpaired) electrons. The molecule has 5 heteroatoms. The topological polar surface area (TPSA) is 69.6 Å². The van der Waals surface area contributed by atoms with Crippen LogP contribution in [0.3, 0.4) is 0 Å². The van der Waals surface area contributed by atoms with E-state index in [2.05, 4.69) is 5.32 Å². The second-order valence-corrected chi connectivity index (χ2v) is 5.20. The normalized spacial score (nSPS) is 10.3. The Bertz CT molecular complexity index is 396. The minimum atomic E-state index is -0.908. The highest BCUT2D eigenvalue weighted by molar-refractivity contribution is 7.99. The van der Waals surface area contributed by atoms with Gasteiger partial charge in [0.05, 0.1) is 5.56 Å². The zero-order valence-corrected chi connectivity index (χ0v) is 11.3. The molecule has 0 amide bonds. The van der Waals surface area contributed by atoms with Gasteiger partial charge < -0.3 is 15.5 Å². The van der Waals surface area contributed by atoms with E-state index in [4.69, 9.17) is 10.2 Å². The predicted molar refractivity (Wildman–Crippen MR) is 75.7 cm³/mol. The lowest BCUT2D eigenvalue weighted by atomic mass is 10.1. The Hall–Kier alpha value is -1.20. The van der Waals surface area contributed by atoms with Crippen molar-refractivity contribution in [1.29, 1.82) is 0 Å². The van der Waals surface area contributed by atoms with Gasteiger partial charge in [-0.15, -0.1) is 0 Å². The standard InChI is InChI=1S/C13H19NO3S/c1-10-3-4-12(11(9-10)13(16)17)14-5-8-18-7-2-6-15/h3-4,9,14-15H,2,5-8H2,1H3,(H,16,17). The van der Waals surface area contributed by atoms with Crippen LogP contribution in [-0.4, -0.2) is 40.8 Å². The van der Waals surface area contributed by atoms with Crippen molar-refractivity contribution >= 4 is 23.4 Å². The van der Waals surface area contributed by atoms with Crippen molar-refractivity contribution in [1.82, 2.24) is 0 Å². The lowest BCUT2D eigenvalue weighted by molar-refractivity contribution is 0.0698. The predicted octanol–water partition coefficient (Wildman–Crippen LogP) is 2.22. The Kier molecular flexibility index (Phi) is 6.60. The van der Waals surface area contributed by atoms with Gasteiger partial charge in [-0.05, 0) is 31.2 Å². The number of aromatic carboxylic acids is 1. The van der Waals surface area contributed by atoms with Crippen molar-refractivity contribution in [2.45, 2.75) is 13.3 Å². The first kappa shape index (κ1) is 14.9. The summed E-state index contributed by atoms with van der Waals surface area (Å²) in [5.74, 6) is 0.916. The molecular weight excluding hydrogens is 250 g/mol. The highest BCUT2D eigenvalue weighted by Crippen LogP contribution is 2.17. The average Bonchev–Trinajstić information content (AvgIpc) is 2.35. The van der Waals surface area contributed by atoms with Gasteiger partial charge in [-0.3, -0.25) is 0 Å². The molecule has 1 aromatic carbocycles. The van der Waals surface area contributed by atoms with Gasteiger partial charge >= 0.3 is 5.97 Å².